The summed E-state index contributed by atoms with van der Waals surface area (Å²) in [7, 11) is 0. The van der Waals surface area contributed by atoms with Gasteiger partial charge in [0.1, 0.15) is 11.5 Å². The van der Waals surface area contributed by atoms with Crippen LogP contribution >= 0.6 is 11.3 Å². The van der Waals surface area contributed by atoms with Gasteiger partial charge in [0, 0.05) is 11.3 Å². The highest BCUT2D eigenvalue weighted by molar-refractivity contribution is 7.22. The number of nitrogens with one attached hydrogen (secondary N) is 1. The van der Waals surface area contributed by atoms with Crippen LogP contribution in [0.4, 0.5) is 10.8 Å². The predicted molar refractivity (Wildman–Crippen MR) is 134 cm³/mol. The Kier molecular flexibility index (Phi) is 5.62. The van der Waals surface area contributed by atoms with Gasteiger partial charge in [-0.15, -0.1) is 0 Å². The smallest absolute Gasteiger partial charge is 0.284 e. The highest BCUT2D eigenvalue weighted by Crippen LogP contribution is 2.34. The van der Waals surface area contributed by atoms with Crippen LogP contribution in [0.2, 0.25) is 0 Å². The van der Waals surface area contributed by atoms with Crippen LogP contribution in [0.3, 0.4) is 0 Å². The molecule has 0 atom stereocenters. The maximum absolute atomic E-state index is 13.7. The standard InChI is InChI=1S/C26H22N4O2S/c1-3-32-21-15-9-7-13-19(21)27-17(2)23-24(18-11-5-4-6-12-18)29-30(25(23)31)26-28-20-14-8-10-16-22(20)33-26/h4-16,27H,3H2,1-2H3. The number of para-hydroxylation sites is 3. The van der Waals surface area contributed by atoms with Crippen molar-refractivity contribution in [2.24, 2.45) is 5.10 Å². The first-order valence-electron chi connectivity index (χ1n) is 10.7. The molecule has 33 heavy (non-hydrogen) atoms. The third kappa shape index (κ3) is 3.99. The summed E-state index contributed by atoms with van der Waals surface area (Å²) in [5.74, 6) is 0.512. The second-order valence-corrected chi connectivity index (χ2v) is 8.46. The van der Waals surface area contributed by atoms with Crippen LogP contribution < -0.4 is 15.1 Å². The molecule has 0 fully saturated rings. The van der Waals surface area contributed by atoms with Gasteiger partial charge in [0.25, 0.3) is 5.91 Å². The molecule has 0 saturated carbocycles. The average molecular weight is 455 g/mol. The molecule has 2 heterocycles. The van der Waals surface area contributed by atoms with Crippen molar-refractivity contribution < 1.29 is 9.53 Å². The molecule has 0 radical (unpaired) electrons. The third-order valence-electron chi connectivity index (χ3n) is 5.24. The molecule has 0 saturated heterocycles. The van der Waals surface area contributed by atoms with Crippen molar-refractivity contribution in [2.75, 3.05) is 16.9 Å². The number of hydrazone groups is 1. The monoisotopic (exact) mass is 454 g/mol. The van der Waals surface area contributed by atoms with Gasteiger partial charge in [-0.2, -0.15) is 10.1 Å². The van der Waals surface area contributed by atoms with Gasteiger partial charge >= 0.3 is 0 Å². The number of nitrogens with zero attached hydrogens (tertiary/aromatic N) is 3. The maximum Gasteiger partial charge on any atom is 0.284 e. The van der Waals surface area contributed by atoms with E-state index in [0.29, 0.717) is 28.7 Å². The number of ether oxygens (including phenoxy) is 1. The lowest BCUT2D eigenvalue weighted by molar-refractivity contribution is -0.114. The number of anilines is 2. The molecule has 5 rings (SSSR count). The third-order valence-corrected chi connectivity index (χ3v) is 6.25. The van der Waals surface area contributed by atoms with Crippen molar-refractivity contribution in [1.82, 2.24) is 4.98 Å². The summed E-state index contributed by atoms with van der Waals surface area (Å²) < 4.78 is 6.75. The number of carbonyl (C=O) groups excluding carboxylic acids is 1. The molecule has 0 spiro atoms. The van der Waals surface area contributed by atoms with Crippen molar-refractivity contribution in [3.8, 4) is 5.75 Å². The van der Waals surface area contributed by atoms with Crippen LogP contribution in [0.1, 0.15) is 19.4 Å². The van der Waals surface area contributed by atoms with E-state index in [1.165, 1.54) is 16.3 Å². The largest absolute Gasteiger partial charge is 0.492 e. The molecular formula is C26H22N4O2S. The van der Waals surface area contributed by atoms with E-state index in [4.69, 9.17) is 9.84 Å². The number of hydrogen-bond donors (Lipinski definition) is 1. The first kappa shape index (κ1) is 20.9. The Morgan fingerprint density at radius 3 is 2.52 bits per heavy atom. The molecular weight excluding hydrogens is 432 g/mol. The number of amides is 1. The van der Waals surface area contributed by atoms with Crippen molar-refractivity contribution in [3.63, 3.8) is 0 Å². The summed E-state index contributed by atoms with van der Waals surface area (Å²) in [6.45, 7) is 4.38. The number of carbonyl (C=O) groups is 1. The van der Waals surface area contributed by atoms with E-state index in [9.17, 15) is 4.79 Å². The lowest BCUT2D eigenvalue weighted by Gasteiger charge is -2.15. The van der Waals surface area contributed by atoms with Crippen LogP contribution in [0.5, 0.6) is 5.75 Å². The van der Waals surface area contributed by atoms with Crippen molar-refractivity contribution in [2.45, 2.75) is 13.8 Å². The number of fused-ring (bicyclic) bond motifs is 1. The fraction of sp³-hybridized carbons (Fsp3) is 0.115. The van der Waals surface area contributed by atoms with E-state index in [0.717, 1.165) is 27.2 Å². The Morgan fingerprint density at radius 2 is 1.73 bits per heavy atom. The van der Waals surface area contributed by atoms with E-state index in [-0.39, 0.29) is 5.91 Å². The van der Waals surface area contributed by atoms with E-state index < -0.39 is 0 Å². The Hall–Kier alpha value is -3.97. The first-order chi connectivity index (χ1) is 16.2. The molecule has 4 aromatic rings. The van der Waals surface area contributed by atoms with E-state index in [1.54, 1.807) is 0 Å². The average Bonchev–Trinajstić information content (AvgIpc) is 3.42. The van der Waals surface area contributed by atoms with Gasteiger partial charge in [-0.05, 0) is 38.1 Å². The summed E-state index contributed by atoms with van der Waals surface area (Å²) in [4.78, 5) is 18.3. The number of hydrogen-bond acceptors (Lipinski definition) is 6. The van der Waals surface area contributed by atoms with E-state index >= 15 is 0 Å². The zero-order chi connectivity index (χ0) is 22.8. The van der Waals surface area contributed by atoms with Crippen LogP contribution in [0.15, 0.2) is 95.2 Å². The maximum atomic E-state index is 13.7. The summed E-state index contributed by atoms with van der Waals surface area (Å²) in [5.41, 5.74) is 4.32. The van der Waals surface area contributed by atoms with E-state index in [1.807, 2.05) is 92.7 Å². The van der Waals surface area contributed by atoms with Crippen molar-refractivity contribution in [1.29, 1.82) is 0 Å². The van der Waals surface area contributed by atoms with Crippen LogP contribution in [0.25, 0.3) is 10.2 Å². The SMILES string of the molecule is CCOc1ccccc1NC(C)=C1C(=O)N(c2nc3ccccc3s2)N=C1c1ccccc1. The van der Waals surface area contributed by atoms with Crippen LogP contribution in [-0.4, -0.2) is 23.2 Å². The second kappa shape index (κ2) is 8.88. The molecule has 164 valence electrons. The molecule has 1 aromatic heterocycles. The topological polar surface area (TPSA) is 66.8 Å². The van der Waals surface area contributed by atoms with Crippen molar-refractivity contribution in [3.05, 3.63) is 95.7 Å². The molecule has 6 nitrogen and oxygen atoms in total. The Balaban J connectivity index is 1.59. The van der Waals surface area contributed by atoms with Crippen LogP contribution in [0, 0.1) is 0 Å². The summed E-state index contributed by atoms with van der Waals surface area (Å²) in [6, 6.07) is 25.2. The minimum Gasteiger partial charge on any atom is -0.492 e. The fourth-order valence-electron chi connectivity index (χ4n) is 3.73. The zero-order valence-electron chi connectivity index (χ0n) is 18.3. The summed E-state index contributed by atoms with van der Waals surface area (Å²) in [5, 5.41) is 10.1. The number of aromatic nitrogens is 1. The predicted octanol–water partition coefficient (Wildman–Crippen LogP) is 5.83. The number of rotatable bonds is 6. The van der Waals surface area contributed by atoms with Gasteiger partial charge < -0.3 is 10.1 Å². The van der Waals surface area contributed by atoms with Gasteiger partial charge in [-0.3, -0.25) is 4.79 Å². The van der Waals surface area contributed by atoms with Gasteiger partial charge in [0.15, 0.2) is 0 Å². The lowest BCUT2D eigenvalue weighted by atomic mass is 10.0. The van der Waals surface area contributed by atoms with Gasteiger partial charge in [0.05, 0.1) is 28.1 Å². The number of allylic oxidation sites excluding steroid dienone is 1. The highest BCUT2D eigenvalue weighted by Gasteiger charge is 2.35. The molecule has 0 unspecified atom stereocenters. The Morgan fingerprint density at radius 1 is 1.00 bits per heavy atom. The molecule has 0 bridgehead atoms. The minimum atomic E-state index is -0.216. The Labute approximate surface area is 195 Å². The minimum absolute atomic E-state index is 0.216. The van der Waals surface area contributed by atoms with Crippen LogP contribution in [-0.2, 0) is 4.79 Å². The first-order valence-corrected chi connectivity index (χ1v) is 11.5. The second-order valence-electron chi connectivity index (χ2n) is 7.45. The zero-order valence-corrected chi connectivity index (χ0v) is 19.1. The van der Waals surface area contributed by atoms with Crippen molar-refractivity contribution >= 4 is 44.0 Å². The summed E-state index contributed by atoms with van der Waals surface area (Å²) in [6.07, 6.45) is 0. The normalized spacial score (nSPS) is 15.0. The fourth-order valence-corrected chi connectivity index (χ4v) is 4.65. The Bertz CT molecular complexity index is 1360. The number of benzene rings is 3. The molecule has 7 heteroatoms. The molecule has 1 N–H and O–H groups in total. The molecule has 1 aliphatic heterocycles. The van der Waals surface area contributed by atoms with Gasteiger partial charge in [0.2, 0.25) is 5.13 Å². The van der Waals surface area contributed by atoms with Gasteiger partial charge in [-0.25, -0.2) is 4.98 Å². The molecule has 1 amide bonds. The van der Waals surface area contributed by atoms with Gasteiger partial charge in [-0.1, -0.05) is 65.9 Å². The highest BCUT2D eigenvalue weighted by atomic mass is 32.1. The molecule has 0 aliphatic carbocycles. The molecule has 1 aliphatic rings. The quantitative estimate of drug-likeness (QED) is 0.372. The van der Waals surface area contributed by atoms with E-state index in [2.05, 4.69) is 10.3 Å². The summed E-state index contributed by atoms with van der Waals surface area (Å²) >= 11 is 1.45. The number of thiazole rings is 1. The lowest BCUT2D eigenvalue weighted by Crippen LogP contribution is -2.23. The molecule has 3 aromatic carbocycles.